The predicted molar refractivity (Wildman–Crippen MR) is 80.0 cm³/mol. The van der Waals surface area contributed by atoms with E-state index in [9.17, 15) is 9.18 Å². The number of hydrogen-bond acceptors (Lipinski definition) is 4. The number of hydrogen-bond donors (Lipinski definition) is 0. The topological polar surface area (TPSA) is 47.9 Å². The van der Waals surface area contributed by atoms with Gasteiger partial charge in [-0.15, -0.1) is 0 Å². The molecule has 0 amide bonds. The molecule has 0 radical (unpaired) electrons. The number of methoxy groups -OCH3 is 1. The molecule has 2 aromatic rings. The van der Waals surface area contributed by atoms with E-state index in [0.29, 0.717) is 11.3 Å². The second-order valence-electron chi connectivity index (χ2n) is 4.59. The summed E-state index contributed by atoms with van der Waals surface area (Å²) in [5.74, 6) is -0.233. The van der Waals surface area contributed by atoms with E-state index in [0.717, 1.165) is 0 Å². The summed E-state index contributed by atoms with van der Waals surface area (Å²) >= 11 is 0. The normalized spacial score (nSPS) is 15.6. The number of esters is 1. The van der Waals surface area contributed by atoms with E-state index in [-0.39, 0.29) is 17.2 Å². The van der Waals surface area contributed by atoms with Gasteiger partial charge in [0.1, 0.15) is 11.6 Å². The van der Waals surface area contributed by atoms with Crippen LogP contribution in [-0.2, 0) is 9.53 Å². The summed E-state index contributed by atoms with van der Waals surface area (Å²) in [5.41, 5.74) is 0.956. The number of ether oxygens (including phenoxy) is 2. The summed E-state index contributed by atoms with van der Waals surface area (Å²) in [4.78, 5) is 16.0. The number of carbonyl (C=O) groups is 1. The highest BCUT2D eigenvalue weighted by molar-refractivity contribution is 6.12. The van der Waals surface area contributed by atoms with Gasteiger partial charge in [0, 0.05) is 11.1 Å². The SMILES string of the molecule is COc1cccc(C2=N/C(=C\c3ccccc3F)C(=O)O2)c1. The Morgan fingerprint density at radius 2 is 2.00 bits per heavy atom. The van der Waals surface area contributed by atoms with E-state index >= 15 is 0 Å². The minimum atomic E-state index is -0.610. The lowest BCUT2D eigenvalue weighted by Crippen LogP contribution is -2.05. The van der Waals surface area contributed by atoms with Crippen molar-refractivity contribution in [1.82, 2.24) is 0 Å². The molecule has 0 N–H and O–H groups in total. The standard InChI is InChI=1S/C17H12FNO3/c1-21-13-7-4-6-12(9-13)16-19-15(17(20)22-16)10-11-5-2-3-8-14(11)18/h2-10H,1H3/b15-10-. The quantitative estimate of drug-likeness (QED) is 0.646. The minimum Gasteiger partial charge on any atom is -0.497 e. The number of halogens is 1. The molecule has 3 rings (SSSR count). The second kappa shape index (κ2) is 5.81. The van der Waals surface area contributed by atoms with Crippen LogP contribution < -0.4 is 4.74 Å². The molecule has 0 saturated heterocycles. The monoisotopic (exact) mass is 297 g/mol. The number of benzene rings is 2. The van der Waals surface area contributed by atoms with Crippen molar-refractivity contribution < 1.29 is 18.7 Å². The van der Waals surface area contributed by atoms with Crippen LogP contribution in [0.15, 0.2) is 59.2 Å². The van der Waals surface area contributed by atoms with Crippen LogP contribution in [0, 0.1) is 5.82 Å². The van der Waals surface area contributed by atoms with Gasteiger partial charge in [0.15, 0.2) is 5.70 Å². The van der Waals surface area contributed by atoms with Gasteiger partial charge in [-0.25, -0.2) is 14.2 Å². The first-order valence-corrected chi connectivity index (χ1v) is 6.59. The lowest BCUT2D eigenvalue weighted by atomic mass is 10.2. The molecular formula is C17H12FNO3. The summed E-state index contributed by atoms with van der Waals surface area (Å²) < 4.78 is 23.9. The van der Waals surface area contributed by atoms with Gasteiger partial charge in [-0.3, -0.25) is 0 Å². The molecule has 0 bridgehead atoms. The number of carbonyl (C=O) groups excluding carboxylic acids is 1. The molecule has 0 aliphatic carbocycles. The molecule has 0 saturated carbocycles. The van der Waals surface area contributed by atoms with Crippen LogP contribution in [0.2, 0.25) is 0 Å². The molecule has 1 aliphatic rings. The Hall–Kier alpha value is -2.95. The molecule has 22 heavy (non-hydrogen) atoms. The molecule has 0 atom stereocenters. The van der Waals surface area contributed by atoms with Crippen LogP contribution in [-0.4, -0.2) is 19.0 Å². The zero-order chi connectivity index (χ0) is 15.5. The number of rotatable bonds is 3. The van der Waals surface area contributed by atoms with Crippen LogP contribution in [0.1, 0.15) is 11.1 Å². The molecule has 0 spiro atoms. The Morgan fingerprint density at radius 3 is 2.77 bits per heavy atom. The number of nitrogens with zero attached hydrogens (tertiary/aromatic N) is 1. The van der Waals surface area contributed by atoms with Gasteiger partial charge in [-0.05, 0) is 30.3 Å². The van der Waals surface area contributed by atoms with Crippen molar-refractivity contribution in [2.45, 2.75) is 0 Å². The third-order valence-electron chi connectivity index (χ3n) is 3.13. The van der Waals surface area contributed by atoms with Crippen molar-refractivity contribution in [1.29, 1.82) is 0 Å². The van der Waals surface area contributed by atoms with Gasteiger partial charge in [0.05, 0.1) is 7.11 Å². The second-order valence-corrected chi connectivity index (χ2v) is 4.59. The highest BCUT2D eigenvalue weighted by Gasteiger charge is 2.24. The fraction of sp³-hybridized carbons (Fsp3) is 0.0588. The van der Waals surface area contributed by atoms with Crippen molar-refractivity contribution in [3.8, 4) is 5.75 Å². The molecule has 0 aromatic heterocycles. The highest BCUT2D eigenvalue weighted by Crippen LogP contribution is 2.22. The van der Waals surface area contributed by atoms with Gasteiger partial charge in [0.2, 0.25) is 5.90 Å². The van der Waals surface area contributed by atoms with Crippen molar-refractivity contribution in [2.75, 3.05) is 7.11 Å². The molecule has 0 unspecified atom stereocenters. The van der Waals surface area contributed by atoms with Crippen molar-refractivity contribution in [2.24, 2.45) is 4.99 Å². The van der Waals surface area contributed by atoms with E-state index < -0.39 is 11.8 Å². The average molecular weight is 297 g/mol. The van der Waals surface area contributed by atoms with Crippen molar-refractivity contribution in [3.63, 3.8) is 0 Å². The van der Waals surface area contributed by atoms with E-state index in [2.05, 4.69) is 4.99 Å². The Balaban J connectivity index is 1.96. The summed E-state index contributed by atoms with van der Waals surface area (Å²) in [7, 11) is 1.55. The zero-order valence-electron chi connectivity index (χ0n) is 11.7. The van der Waals surface area contributed by atoms with E-state index in [1.807, 2.05) is 0 Å². The maximum Gasteiger partial charge on any atom is 0.363 e. The summed E-state index contributed by atoms with van der Waals surface area (Å²) in [6, 6.07) is 13.1. The highest BCUT2D eigenvalue weighted by atomic mass is 19.1. The molecular weight excluding hydrogens is 285 g/mol. The number of cyclic esters (lactones) is 1. The summed E-state index contributed by atoms with van der Waals surface area (Å²) in [6.07, 6.45) is 1.37. The van der Waals surface area contributed by atoms with E-state index in [1.165, 1.54) is 12.1 Å². The predicted octanol–water partition coefficient (Wildman–Crippen LogP) is 3.18. The first-order chi connectivity index (χ1) is 10.7. The Labute approximate surface area is 126 Å². The maximum atomic E-state index is 13.6. The van der Waals surface area contributed by atoms with Gasteiger partial charge in [-0.1, -0.05) is 24.3 Å². The fourth-order valence-corrected chi connectivity index (χ4v) is 2.03. The third-order valence-corrected chi connectivity index (χ3v) is 3.13. The fourth-order valence-electron chi connectivity index (χ4n) is 2.03. The lowest BCUT2D eigenvalue weighted by Gasteiger charge is -2.02. The Morgan fingerprint density at radius 1 is 1.18 bits per heavy atom. The van der Waals surface area contributed by atoms with E-state index in [1.54, 1.807) is 49.6 Å². The third kappa shape index (κ3) is 2.74. The lowest BCUT2D eigenvalue weighted by molar-refractivity contribution is -0.129. The van der Waals surface area contributed by atoms with Crippen molar-refractivity contribution >= 4 is 17.9 Å². The molecule has 1 aliphatic heterocycles. The van der Waals surface area contributed by atoms with Gasteiger partial charge in [0.25, 0.3) is 0 Å². The maximum absolute atomic E-state index is 13.6. The number of aliphatic imine (C=N–C) groups is 1. The molecule has 4 nitrogen and oxygen atoms in total. The smallest absolute Gasteiger partial charge is 0.363 e. The zero-order valence-corrected chi connectivity index (χ0v) is 11.7. The van der Waals surface area contributed by atoms with Crippen LogP contribution in [0.25, 0.3) is 6.08 Å². The first-order valence-electron chi connectivity index (χ1n) is 6.59. The Bertz CT molecular complexity index is 796. The van der Waals surface area contributed by atoms with E-state index in [4.69, 9.17) is 9.47 Å². The first kappa shape index (κ1) is 14.0. The van der Waals surface area contributed by atoms with Crippen molar-refractivity contribution in [3.05, 3.63) is 71.2 Å². The van der Waals surface area contributed by atoms with Crippen LogP contribution in [0.3, 0.4) is 0 Å². The van der Waals surface area contributed by atoms with Gasteiger partial charge in [-0.2, -0.15) is 0 Å². The molecule has 0 fully saturated rings. The Kier molecular flexibility index (Phi) is 3.70. The summed E-state index contributed by atoms with van der Waals surface area (Å²) in [5, 5.41) is 0. The molecule has 2 aromatic carbocycles. The average Bonchev–Trinajstić information content (AvgIpc) is 2.91. The van der Waals surface area contributed by atoms with Crippen LogP contribution in [0.5, 0.6) is 5.75 Å². The van der Waals surface area contributed by atoms with Gasteiger partial charge >= 0.3 is 5.97 Å². The van der Waals surface area contributed by atoms with Gasteiger partial charge < -0.3 is 9.47 Å². The summed E-state index contributed by atoms with van der Waals surface area (Å²) in [6.45, 7) is 0. The molecule has 5 heteroatoms. The molecule has 110 valence electrons. The minimum absolute atomic E-state index is 0.0583. The van der Waals surface area contributed by atoms with Crippen LogP contribution >= 0.6 is 0 Å². The van der Waals surface area contributed by atoms with Crippen LogP contribution in [0.4, 0.5) is 4.39 Å². The largest absolute Gasteiger partial charge is 0.497 e. The molecule has 1 heterocycles.